The van der Waals surface area contributed by atoms with Crippen LogP contribution in [0.1, 0.15) is 72.1 Å². The van der Waals surface area contributed by atoms with Crippen LogP contribution in [0.2, 0.25) is 0 Å². The number of hydrogen-bond acceptors (Lipinski definition) is 2. The van der Waals surface area contributed by atoms with Gasteiger partial charge in [-0.05, 0) is 92.8 Å². The van der Waals surface area contributed by atoms with Crippen LogP contribution in [0, 0.1) is 34.5 Å². The Morgan fingerprint density at radius 1 is 1.08 bits per heavy atom. The minimum absolute atomic E-state index is 0.0750. The van der Waals surface area contributed by atoms with E-state index in [0.29, 0.717) is 10.8 Å². The van der Waals surface area contributed by atoms with Gasteiger partial charge in [-0.25, -0.2) is 0 Å². The maximum atomic E-state index is 10.2. The van der Waals surface area contributed by atoms with Crippen LogP contribution in [0.5, 0.6) is 0 Å². The van der Waals surface area contributed by atoms with Crippen LogP contribution in [-0.4, -0.2) is 35.2 Å². The van der Waals surface area contributed by atoms with E-state index >= 15 is 0 Å². The second-order valence-electron chi connectivity index (χ2n) is 10.7. The van der Waals surface area contributed by atoms with Crippen molar-refractivity contribution < 1.29 is 5.11 Å². The van der Waals surface area contributed by atoms with E-state index in [1.165, 1.54) is 51.6 Å². The normalized spacial score (nSPS) is 53.4. The van der Waals surface area contributed by atoms with E-state index in [9.17, 15) is 5.11 Å². The van der Waals surface area contributed by atoms with Gasteiger partial charge in [0.1, 0.15) is 0 Å². The molecular weight excluding hydrogens is 306 g/mol. The lowest BCUT2D eigenvalue weighted by Gasteiger charge is -2.58. The second-order valence-corrected chi connectivity index (χ2v) is 10.7. The molecule has 8 atom stereocenters. The van der Waals surface area contributed by atoms with E-state index in [-0.39, 0.29) is 6.10 Å². The molecule has 0 aromatic rings. The van der Waals surface area contributed by atoms with Crippen LogP contribution in [0.3, 0.4) is 0 Å². The Hall–Kier alpha value is -0.340. The van der Waals surface area contributed by atoms with Crippen molar-refractivity contribution in [1.29, 1.82) is 0 Å². The molecular formula is C23H37NO. The van der Waals surface area contributed by atoms with E-state index in [2.05, 4.69) is 31.7 Å². The summed E-state index contributed by atoms with van der Waals surface area (Å²) in [5, 5.41) is 10.2. The van der Waals surface area contributed by atoms with Crippen molar-refractivity contribution in [3.8, 4) is 0 Å². The number of hydrogen-bond donors (Lipinski definition) is 1. The molecule has 2 heteroatoms. The second kappa shape index (κ2) is 5.58. The molecule has 1 aliphatic heterocycles. The lowest BCUT2D eigenvalue weighted by molar-refractivity contribution is -0.0563. The lowest BCUT2D eigenvalue weighted by Crippen LogP contribution is -2.51. The van der Waals surface area contributed by atoms with Gasteiger partial charge in [-0.3, -0.25) is 4.90 Å². The molecule has 3 saturated carbocycles. The summed E-state index contributed by atoms with van der Waals surface area (Å²) in [6.45, 7) is 10.4. The zero-order chi connectivity index (χ0) is 17.4. The Balaban J connectivity index is 1.43. The van der Waals surface area contributed by atoms with E-state index in [4.69, 9.17) is 0 Å². The average Bonchev–Trinajstić information content (AvgIpc) is 3.37. The third-order valence-electron chi connectivity index (χ3n) is 9.79. The zero-order valence-corrected chi connectivity index (χ0v) is 16.5. The number of rotatable bonds is 2. The summed E-state index contributed by atoms with van der Waals surface area (Å²) in [7, 11) is 0. The highest BCUT2D eigenvalue weighted by atomic mass is 16.3. The Labute approximate surface area is 154 Å². The molecule has 1 saturated heterocycles. The first kappa shape index (κ1) is 16.8. The molecule has 140 valence electrons. The summed E-state index contributed by atoms with van der Waals surface area (Å²) in [6.07, 6.45) is 12.8. The summed E-state index contributed by atoms with van der Waals surface area (Å²) in [6, 6.07) is 0.807. The quantitative estimate of drug-likeness (QED) is 0.583. The third-order valence-corrected chi connectivity index (χ3v) is 9.79. The minimum atomic E-state index is -0.0750. The molecule has 0 spiro atoms. The summed E-state index contributed by atoms with van der Waals surface area (Å²) >= 11 is 0. The van der Waals surface area contributed by atoms with E-state index in [1.807, 2.05) is 0 Å². The molecule has 0 radical (unpaired) electrons. The summed E-state index contributed by atoms with van der Waals surface area (Å²) in [5.74, 6) is 3.66. The smallest absolute Gasteiger partial charge is 0.0577 e. The van der Waals surface area contributed by atoms with Gasteiger partial charge in [0.05, 0.1) is 6.10 Å². The molecule has 1 heterocycles. The van der Waals surface area contributed by atoms with Gasteiger partial charge in [0.25, 0.3) is 0 Å². The van der Waals surface area contributed by atoms with Crippen molar-refractivity contribution >= 4 is 0 Å². The van der Waals surface area contributed by atoms with Gasteiger partial charge < -0.3 is 5.11 Å². The molecule has 5 rings (SSSR count). The first-order valence-corrected chi connectivity index (χ1v) is 11.0. The van der Waals surface area contributed by atoms with Crippen LogP contribution < -0.4 is 0 Å². The first-order chi connectivity index (χ1) is 11.9. The molecule has 1 N–H and O–H groups in total. The summed E-state index contributed by atoms with van der Waals surface area (Å²) in [4.78, 5) is 2.70. The van der Waals surface area contributed by atoms with Gasteiger partial charge >= 0.3 is 0 Å². The maximum absolute atomic E-state index is 10.2. The van der Waals surface area contributed by atoms with Crippen molar-refractivity contribution in [1.82, 2.24) is 4.90 Å². The van der Waals surface area contributed by atoms with Gasteiger partial charge in [0.15, 0.2) is 0 Å². The van der Waals surface area contributed by atoms with Gasteiger partial charge in [-0.2, -0.15) is 0 Å². The molecule has 0 unspecified atom stereocenters. The number of aliphatic hydroxyl groups is 1. The fraction of sp³-hybridized carbons (Fsp3) is 0.913. The standard InChI is InChI=1S/C23H37NO/c1-15(24-12-13-24)19-6-7-20-18-5-4-16-14-17(25)8-10-22(16,2)21(18)9-11-23(19,20)3/h4,15,17-21,25H,5-14H2,1-3H3/t15-,17-,18-,19+,20-,21-,22-,23+/m0/s1. The molecule has 4 aliphatic carbocycles. The Morgan fingerprint density at radius 3 is 2.64 bits per heavy atom. The van der Waals surface area contributed by atoms with Crippen LogP contribution in [0.25, 0.3) is 0 Å². The van der Waals surface area contributed by atoms with Gasteiger partial charge in [0.2, 0.25) is 0 Å². The summed E-state index contributed by atoms with van der Waals surface area (Å²) in [5.41, 5.74) is 2.59. The molecule has 25 heavy (non-hydrogen) atoms. The number of nitrogens with zero attached hydrogens (tertiary/aromatic N) is 1. The van der Waals surface area contributed by atoms with Crippen molar-refractivity contribution in [2.24, 2.45) is 34.5 Å². The van der Waals surface area contributed by atoms with Gasteiger partial charge in [0, 0.05) is 19.1 Å². The maximum Gasteiger partial charge on any atom is 0.0577 e. The largest absolute Gasteiger partial charge is 0.393 e. The molecule has 0 amide bonds. The first-order valence-electron chi connectivity index (χ1n) is 11.0. The molecule has 0 aromatic carbocycles. The monoisotopic (exact) mass is 343 g/mol. The average molecular weight is 344 g/mol. The Morgan fingerprint density at radius 2 is 1.88 bits per heavy atom. The minimum Gasteiger partial charge on any atom is -0.393 e. The van der Waals surface area contributed by atoms with Gasteiger partial charge in [-0.15, -0.1) is 0 Å². The van der Waals surface area contributed by atoms with Crippen molar-refractivity contribution in [2.45, 2.75) is 84.3 Å². The number of aliphatic hydroxyl groups excluding tert-OH is 1. The third kappa shape index (κ3) is 2.35. The molecule has 0 bridgehead atoms. The Kier molecular flexibility index (Phi) is 3.75. The van der Waals surface area contributed by atoms with E-state index in [0.717, 1.165) is 42.6 Å². The predicted octanol–water partition coefficient (Wildman–Crippen LogP) is 4.63. The van der Waals surface area contributed by atoms with Crippen LogP contribution in [0.4, 0.5) is 0 Å². The highest BCUT2D eigenvalue weighted by molar-refractivity contribution is 5.25. The highest BCUT2D eigenvalue weighted by Gasteiger charge is 2.59. The number of allylic oxidation sites excluding steroid dienone is 1. The fourth-order valence-electron chi connectivity index (χ4n) is 8.19. The molecule has 0 aromatic heterocycles. The van der Waals surface area contributed by atoms with E-state index < -0.39 is 0 Å². The van der Waals surface area contributed by atoms with Crippen LogP contribution >= 0.6 is 0 Å². The number of fused-ring (bicyclic) bond motifs is 5. The highest BCUT2D eigenvalue weighted by Crippen LogP contribution is 2.66. The van der Waals surface area contributed by atoms with Gasteiger partial charge in [-0.1, -0.05) is 25.5 Å². The SMILES string of the molecule is C[C@@H]([C@H]1CC[C@H]2[C@@H]3CC=C4C[C@@H](O)CC[C@]4(C)[C@H]3CC[C@]12C)N1CC1. The fourth-order valence-corrected chi connectivity index (χ4v) is 8.19. The van der Waals surface area contributed by atoms with E-state index in [1.54, 1.807) is 5.57 Å². The molecule has 4 fully saturated rings. The molecule has 5 aliphatic rings. The Bertz CT molecular complexity index is 581. The topological polar surface area (TPSA) is 23.2 Å². The van der Waals surface area contributed by atoms with Crippen molar-refractivity contribution in [2.75, 3.05) is 13.1 Å². The zero-order valence-electron chi connectivity index (χ0n) is 16.5. The lowest BCUT2D eigenvalue weighted by atomic mass is 9.47. The van der Waals surface area contributed by atoms with Crippen molar-refractivity contribution in [3.05, 3.63) is 11.6 Å². The van der Waals surface area contributed by atoms with Crippen molar-refractivity contribution in [3.63, 3.8) is 0 Å². The molecule has 2 nitrogen and oxygen atoms in total. The predicted molar refractivity (Wildman–Crippen MR) is 102 cm³/mol. The van der Waals surface area contributed by atoms with Crippen LogP contribution in [-0.2, 0) is 0 Å². The van der Waals surface area contributed by atoms with Crippen LogP contribution in [0.15, 0.2) is 11.6 Å². The summed E-state index contributed by atoms with van der Waals surface area (Å²) < 4.78 is 0.